The highest BCUT2D eigenvalue weighted by molar-refractivity contribution is 5.75. The number of ether oxygens (including phenoxy) is 1. The van der Waals surface area contributed by atoms with E-state index in [9.17, 15) is 4.79 Å². The fourth-order valence-corrected chi connectivity index (χ4v) is 1.62. The van der Waals surface area contributed by atoms with Gasteiger partial charge >= 0.3 is 5.97 Å². The number of methoxy groups -OCH3 is 1. The lowest BCUT2D eigenvalue weighted by atomic mass is 9.97. The van der Waals surface area contributed by atoms with E-state index >= 15 is 0 Å². The van der Waals surface area contributed by atoms with Crippen molar-refractivity contribution in [3.63, 3.8) is 0 Å². The van der Waals surface area contributed by atoms with E-state index in [0.717, 1.165) is 6.42 Å². The smallest absolute Gasteiger partial charge is 0.320 e. The van der Waals surface area contributed by atoms with Crippen molar-refractivity contribution in [3.8, 4) is 11.8 Å². The summed E-state index contributed by atoms with van der Waals surface area (Å²) in [6.45, 7) is 1.77. The summed E-state index contributed by atoms with van der Waals surface area (Å²) in [7, 11) is 1.39. The van der Waals surface area contributed by atoms with Gasteiger partial charge in [-0.15, -0.1) is 0 Å². The zero-order valence-electron chi connectivity index (χ0n) is 9.51. The van der Waals surface area contributed by atoms with Crippen LogP contribution in [-0.4, -0.2) is 13.1 Å². The van der Waals surface area contributed by atoms with Gasteiger partial charge in [-0.25, -0.2) is 0 Å². The van der Waals surface area contributed by atoms with Crippen molar-refractivity contribution in [1.29, 1.82) is 0 Å². The maximum absolute atomic E-state index is 11.1. The number of rotatable bonds is 2. The molecule has 1 atom stereocenters. The summed E-state index contributed by atoms with van der Waals surface area (Å²) in [5, 5.41) is 0. The minimum absolute atomic E-state index is 0.250. The number of esters is 1. The molecule has 0 heterocycles. The van der Waals surface area contributed by atoms with Crippen LogP contribution < -0.4 is 0 Å². The van der Waals surface area contributed by atoms with Crippen LogP contribution in [0, 0.1) is 17.8 Å². The van der Waals surface area contributed by atoms with Crippen LogP contribution in [0.1, 0.15) is 39.0 Å². The average Bonchev–Trinajstić information content (AvgIpc) is 2.29. The molecule has 0 spiro atoms. The highest BCUT2D eigenvalue weighted by atomic mass is 16.5. The maximum atomic E-state index is 11.1. The summed E-state index contributed by atoms with van der Waals surface area (Å²) in [6, 6.07) is 0. The Morgan fingerprint density at radius 3 is 3.00 bits per heavy atom. The van der Waals surface area contributed by atoms with Gasteiger partial charge in [0.2, 0.25) is 0 Å². The summed E-state index contributed by atoms with van der Waals surface area (Å²) in [4.78, 5) is 11.1. The van der Waals surface area contributed by atoms with Crippen LogP contribution in [0.2, 0.25) is 0 Å². The summed E-state index contributed by atoms with van der Waals surface area (Å²) in [6.07, 6.45) is 8.02. The van der Waals surface area contributed by atoms with Gasteiger partial charge in [-0.2, -0.15) is 0 Å². The van der Waals surface area contributed by atoms with E-state index in [-0.39, 0.29) is 11.9 Å². The van der Waals surface area contributed by atoms with E-state index in [1.807, 2.05) is 0 Å². The van der Waals surface area contributed by atoms with Crippen LogP contribution in [-0.2, 0) is 9.53 Å². The molecule has 2 heteroatoms. The Morgan fingerprint density at radius 1 is 1.60 bits per heavy atom. The predicted octanol–water partition coefficient (Wildman–Crippen LogP) is 2.69. The van der Waals surface area contributed by atoms with Gasteiger partial charge < -0.3 is 4.74 Å². The zero-order valence-corrected chi connectivity index (χ0v) is 9.51. The van der Waals surface area contributed by atoms with Gasteiger partial charge in [0.15, 0.2) is 0 Å². The first-order valence-electron chi connectivity index (χ1n) is 5.48. The van der Waals surface area contributed by atoms with Crippen molar-refractivity contribution >= 4 is 5.97 Å². The van der Waals surface area contributed by atoms with Crippen molar-refractivity contribution in [2.24, 2.45) is 5.92 Å². The predicted molar refractivity (Wildman–Crippen MR) is 60.1 cm³/mol. The van der Waals surface area contributed by atoms with Crippen LogP contribution in [0.4, 0.5) is 0 Å². The number of carbonyl (C=O) groups excluding carboxylic acids is 1. The molecule has 1 aliphatic rings. The lowest BCUT2D eigenvalue weighted by Gasteiger charge is -2.09. The number of allylic oxidation sites excluding steroid dienone is 2. The van der Waals surface area contributed by atoms with Crippen molar-refractivity contribution in [2.45, 2.75) is 39.0 Å². The highest BCUT2D eigenvalue weighted by Crippen LogP contribution is 2.19. The number of hydrogen-bond donors (Lipinski definition) is 0. The van der Waals surface area contributed by atoms with E-state index in [1.54, 1.807) is 6.92 Å². The Hall–Kier alpha value is -1.23. The third-order valence-corrected chi connectivity index (χ3v) is 2.57. The molecule has 1 unspecified atom stereocenters. The standard InChI is InChI=1S/C13H18O2/c1-11(13(14)15-2)7-6-10-12-8-4-3-5-9-12/h8,11H,3-5,9-10H2,1-2H3. The molecule has 0 N–H and O–H groups in total. The molecule has 0 aliphatic heterocycles. The molecule has 0 radical (unpaired) electrons. The molecule has 0 bridgehead atoms. The lowest BCUT2D eigenvalue weighted by molar-refractivity contribution is -0.142. The largest absolute Gasteiger partial charge is 0.468 e. The first kappa shape index (κ1) is 11.8. The van der Waals surface area contributed by atoms with E-state index < -0.39 is 0 Å². The number of hydrogen-bond acceptors (Lipinski definition) is 2. The second-order valence-corrected chi connectivity index (χ2v) is 3.85. The first-order chi connectivity index (χ1) is 7.24. The van der Waals surface area contributed by atoms with Crippen LogP contribution in [0.15, 0.2) is 11.6 Å². The van der Waals surface area contributed by atoms with Gasteiger partial charge in [-0.3, -0.25) is 4.79 Å². The van der Waals surface area contributed by atoms with E-state index in [2.05, 4.69) is 22.7 Å². The summed E-state index contributed by atoms with van der Waals surface area (Å²) >= 11 is 0. The molecule has 0 fully saturated rings. The third kappa shape index (κ3) is 4.20. The van der Waals surface area contributed by atoms with E-state index in [1.165, 1.54) is 38.4 Å². The fourth-order valence-electron chi connectivity index (χ4n) is 1.62. The maximum Gasteiger partial charge on any atom is 0.320 e. The Morgan fingerprint density at radius 2 is 2.40 bits per heavy atom. The highest BCUT2D eigenvalue weighted by Gasteiger charge is 2.08. The minimum atomic E-state index is -0.306. The van der Waals surface area contributed by atoms with Gasteiger partial charge in [0.1, 0.15) is 5.92 Å². The Labute approximate surface area is 91.7 Å². The monoisotopic (exact) mass is 206 g/mol. The normalized spacial score (nSPS) is 17.1. The molecule has 0 aromatic rings. The quantitative estimate of drug-likeness (QED) is 0.394. The molecule has 1 rings (SSSR count). The van der Waals surface area contributed by atoms with Crippen LogP contribution in [0.3, 0.4) is 0 Å². The molecule has 0 saturated heterocycles. The SMILES string of the molecule is COC(=O)C(C)C#CCC1=CCCCC1. The Balaban J connectivity index is 2.38. The van der Waals surface area contributed by atoms with Crippen LogP contribution in [0.5, 0.6) is 0 Å². The van der Waals surface area contributed by atoms with Gasteiger partial charge in [0.25, 0.3) is 0 Å². The van der Waals surface area contributed by atoms with E-state index in [0.29, 0.717) is 0 Å². The molecule has 82 valence electrons. The van der Waals surface area contributed by atoms with Crippen molar-refractivity contribution in [2.75, 3.05) is 7.11 Å². The second kappa shape index (κ2) is 6.29. The van der Waals surface area contributed by atoms with Gasteiger partial charge in [-0.1, -0.05) is 23.5 Å². The molecular formula is C13H18O2. The molecule has 0 amide bonds. The fraction of sp³-hybridized carbons (Fsp3) is 0.615. The molecular weight excluding hydrogens is 188 g/mol. The summed E-state index contributed by atoms with van der Waals surface area (Å²) < 4.78 is 4.60. The van der Waals surface area contributed by atoms with Gasteiger partial charge in [0, 0.05) is 6.42 Å². The molecule has 1 aliphatic carbocycles. The third-order valence-electron chi connectivity index (χ3n) is 2.57. The van der Waals surface area contributed by atoms with E-state index in [4.69, 9.17) is 0 Å². The molecule has 15 heavy (non-hydrogen) atoms. The van der Waals surface area contributed by atoms with Crippen molar-refractivity contribution < 1.29 is 9.53 Å². The Bertz CT molecular complexity index is 304. The Kier molecular flexibility index (Phi) is 4.97. The molecule has 0 aromatic carbocycles. The minimum Gasteiger partial charge on any atom is -0.468 e. The second-order valence-electron chi connectivity index (χ2n) is 3.85. The van der Waals surface area contributed by atoms with Gasteiger partial charge in [-0.05, 0) is 32.6 Å². The van der Waals surface area contributed by atoms with Crippen LogP contribution >= 0.6 is 0 Å². The lowest BCUT2D eigenvalue weighted by Crippen LogP contribution is -2.10. The molecule has 0 aromatic heterocycles. The molecule has 2 nitrogen and oxygen atoms in total. The summed E-state index contributed by atoms with van der Waals surface area (Å²) in [5.41, 5.74) is 1.42. The molecule has 0 saturated carbocycles. The average molecular weight is 206 g/mol. The van der Waals surface area contributed by atoms with Crippen LogP contribution in [0.25, 0.3) is 0 Å². The van der Waals surface area contributed by atoms with Gasteiger partial charge in [0.05, 0.1) is 7.11 Å². The van der Waals surface area contributed by atoms with Crippen molar-refractivity contribution in [1.82, 2.24) is 0 Å². The summed E-state index contributed by atoms with van der Waals surface area (Å²) in [5.74, 6) is 5.41. The van der Waals surface area contributed by atoms with Crippen molar-refractivity contribution in [3.05, 3.63) is 11.6 Å². The first-order valence-corrected chi connectivity index (χ1v) is 5.48. The zero-order chi connectivity index (χ0) is 11.1. The number of carbonyl (C=O) groups is 1. The topological polar surface area (TPSA) is 26.3 Å².